The lowest BCUT2D eigenvalue weighted by Gasteiger charge is -2.17. The van der Waals surface area contributed by atoms with Gasteiger partial charge >= 0.3 is 0 Å². The first-order chi connectivity index (χ1) is 21.8. The van der Waals surface area contributed by atoms with Gasteiger partial charge in [0.05, 0.1) is 0 Å². The molecule has 0 saturated heterocycles. The third-order valence-corrected chi connectivity index (χ3v) is 11.6. The molecule has 0 saturated carbocycles. The van der Waals surface area contributed by atoms with Gasteiger partial charge in [0.15, 0.2) is 0 Å². The SMILES string of the molecule is c1ccc(-c2c3ccccc3c(-c3ccc4c(c3)sc3c4ccc4sc5c6ccccc6ccc5c43)c3ccccc23)cc1. The fourth-order valence-corrected chi connectivity index (χ4v) is 9.95. The first kappa shape index (κ1) is 24.4. The van der Waals surface area contributed by atoms with Crippen LogP contribution in [0.3, 0.4) is 0 Å². The van der Waals surface area contributed by atoms with Gasteiger partial charge in [-0.3, -0.25) is 0 Å². The number of benzene rings is 8. The Kier molecular flexibility index (Phi) is 5.13. The van der Waals surface area contributed by atoms with Gasteiger partial charge in [-0.25, -0.2) is 0 Å². The maximum Gasteiger partial charge on any atom is 0.0448 e. The van der Waals surface area contributed by atoms with Crippen molar-refractivity contribution in [3.63, 3.8) is 0 Å². The molecule has 0 aliphatic rings. The lowest BCUT2D eigenvalue weighted by Crippen LogP contribution is -1.90. The summed E-state index contributed by atoms with van der Waals surface area (Å²) in [6.07, 6.45) is 0. The van der Waals surface area contributed by atoms with E-state index in [0.717, 1.165) is 0 Å². The maximum atomic E-state index is 2.44. The number of thiophene rings is 2. The molecule has 0 radical (unpaired) electrons. The zero-order valence-corrected chi connectivity index (χ0v) is 25.3. The Hall–Kier alpha value is -5.02. The van der Waals surface area contributed by atoms with E-state index in [0.29, 0.717) is 0 Å². The summed E-state index contributed by atoms with van der Waals surface area (Å²) in [7, 11) is 0. The van der Waals surface area contributed by atoms with Crippen molar-refractivity contribution in [2.24, 2.45) is 0 Å². The molecular formula is C42H24S2. The van der Waals surface area contributed by atoms with Crippen LogP contribution in [0.1, 0.15) is 0 Å². The molecule has 10 rings (SSSR count). The monoisotopic (exact) mass is 592 g/mol. The van der Waals surface area contributed by atoms with Crippen molar-refractivity contribution in [1.29, 1.82) is 0 Å². The number of hydrogen-bond acceptors (Lipinski definition) is 2. The fraction of sp³-hybridized carbons (Fsp3) is 0. The van der Waals surface area contributed by atoms with E-state index < -0.39 is 0 Å². The van der Waals surface area contributed by atoms with Crippen molar-refractivity contribution in [2.75, 3.05) is 0 Å². The average Bonchev–Trinajstić information content (AvgIpc) is 3.65. The molecule has 2 heterocycles. The lowest BCUT2D eigenvalue weighted by molar-refractivity contribution is 1.66. The Bertz CT molecular complexity index is 2700. The zero-order chi connectivity index (χ0) is 28.8. The quantitative estimate of drug-likeness (QED) is 0.175. The van der Waals surface area contributed by atoms with Gasteiger partial charge in [0.25, 0.3) is 0 Å². The van der Waals surface area contributed by atoms with Gasteiger partial charge in [-0.1, -0.05) is 133 Å². The third-order valence-electron chi connectivity index (χ3n) is 9.25. The number of rotatable bonds is 2. The summed E-state index contributed by atoms with van der Waals surface area (Å²) < 4.78 is 5.49. The molecule has 2 heteroatoms. The van der Waals surface area contributed by atoms with Crippen LogP contribution in [-0.4, -0.2) is 0 Å². The van der Waals surface area contributed by atoms with Gasteiger partial charge in [-0.2, -0.15) is 0 Å². The minimum Gasteiger partial charge on any atom is -0.134 e. The molecule has 10 aromatic rings. The largest absolute Gasteiger partial charge is 0.134 e. The van der Waals surface area contributed by atoms with Gasteiger partial charge in [0, 0.05) is 40.3 Å². The molecular weight excluding hydrogens is 569 g/mol. The molecule has 0 amide bonds. The highest BCUT2D eigenvalue weighted by atomic mass is 32.1. The van der Waals surface area contributed by atoms with Crippen molar-refractivity contribution in [3.05, 3.63) is 146 Å². The van der Waals surface area contributed by atoms with Crippen LogP contribution >= 0.6 is 22.7 Å². The Balaban J connectivity index is 1.27. The zero-order valence-electron chi connectivity index (χ0n) is 23.7. The predicted molar refractivity (Wildman–Crippen MR) is 196 cm³/mol. The maximum absolute atomic E-state index is 2.44. The van der Waals surface area contributed by atoms with Crippen LogP contribution in [-0.2, 0) is 0 Å². The van der Waals surface area contributed by atoms with E-state index in [4.69, 9.17) is 0 Å². The van der Waals surface area contributed by atoms with Gasteiger partial charge < -0.3 is 0 Å². The molecule has 2 aromatic heterocycles. The van der Waals surface area contributed by atoms with Gasteiger partial charge in [0.1, 0.15) is 0 Å². The Morgan fingerprint density at radius 1 is 0.318 bits per heavy atom. The van der Waals surface area contributed by atoms with Crippen molar-refractivity contribution in [2.45, 2.75) is 0 Å². The van der Waals surface area contributed by atoms with Crippen LogP contribution < -0.4 is 0 Å². The molecule has 0 bridgehead atoms. The minimum absolute atomic E-state index is 1.26. The van der Waals surface area contributed by atoms with E-state index in [1.807, 2.05) is 22.7 Å². The van der Waals surface area contributed by atoms with Crippen LogP contribution in [0.4, 0.5) is 0 Å². The number of hydrogen-bond donors (Lipinski definition) is 0. The topological polar surface area (TPSA) is 0 Å². The first-order valence-electron chi connectivity index (χ1n) is 15.0. The predicted octanol–water partition coefficient (Wildman–Crippen LogP) is 13.2. The Morgan fingerprint density at radius 2 is 0.886 bits per heavy atom. The lowest BCUT2D eigenvalue weighted by atomic mass is 9.86. The Labute approximate surface area is 262 Å². The van der Waals surface area contributed by atoms with E-state index in [9.17, 15) is 0 Å². The van der Waals surface area contributed by atoms with E-state index in [2.05, 4.69) is 146 Å². The molecule has 0 spiro atoms. The van der Waals surface area contributed by atoms with E-state index in [1.54, 1.807) is 0 Å². The van der Waals surface area contributed by atoms with Gasteiger partial charge in [-0.05, 0) is 66.7 Å². The molecule has 0 fully saturated rings. The summed E-state index contributed by atoms with van der Waals surface area (Å²) in [5.41, 5.74) is 5.15. The van der Waals surface area contributed by atoms with E-state index >= 15 is 0 Å². The molecule has 0 aliphatic carbocycles. The standard InChI is InChI=1S/C42H24S2/c1-2-11-26(12-3-1)38-30-14-6-8-16-32(30)39(33-17-9-7-15-31(33)38)27-19-20-29-34-22-23-36-40(42(34)44-37(29)24-27)35-21-18-25-10-4-5-13-28(25)41(35)43-36/h1-24H. The molecule has 0 nitrogen and oxygen atoms in total. The van der Waals surface area contributed by atoms with Crippen LogP contribution in [0.2, 0.25) is 0 Å². The normalized spacial score (nSPS) is 12.1. The van der Waals surface area contributed by atoms with Crippen LogP contribution in [0.5, 0.6) is 0 Å². The highest BCUT2D eigenvalue weighted by molar-refractivity contribution is 7.30. The van der Waals surface area contributed by atoms with Crippen LogP contribution in [0.15, 0.2) is 146 Å². The van der Waals surface area contributed by atoms with Gasteiger partial charge in [-0.15, -0.1) is 22.7 Å². The summed E-state index contributed by atoms with van der Waals surface area (Å²) >= 11 is 3.87. The van der Waals surface area contributed by atoms with E-state index in [1.165, 1.54) is 94.9 Å². The second kappa shape index (κ2) is 9.24. The minimum atomic E-state index is 1.26. The first-order valence-corrected chi connectivity index (χ1v) is 16.7. The molecule has 0 aliphatic heterocycles. The summed E-state index contributed by atoms with van der Waals surface area (Å²) in [4.78, 5) is 0. The molecule has 204 valence electrons. The summed E-state index contributed by atoms with van der Waals surface area (Å²) in [5, 5.41) is 13.3. The smallest absolute Gasteiger partial charge is 0.0448 e. The highest BCUT2D eigenvalue weighted by Crippen LogP contribution is 2.48. The molecule has 8 aromatic carbocycles. The molecule has 0 N–H and O–H groups in total. The fourth-order valence-electron chi connectivity index (χ4n) is 7.33. The van der Waals surface area contributed by atoms with Crippen molar-refractivity contribution in [3.8, 4) is 22.3 Å². The van der Waals surface area contributed by atoms with Crippen molar-refractivity contribution in [1.82, 2.24) is 0 Å². The van der Waals surface area contributed by atoms with Crippen molar-refractivity contribution < 1.29 is 0 Å². The Morgan fingerprint density at radius 3 is 1.61 bits per heavy atom. The summed E-state index contributed by atoms with van der Waals surface area (Å²) in [6, 6.07) is 53.9. The second-order valence-corrected chi connectivity index (χ2v) is 13.7. The molecule has 0 atom stereocenters. The highest BCUT2D eigenvalue weighted by Gasteiger charge is 2.19. The number of fused-ring (bicyclic) bond motifs is 11. The van der Waals surface area contributed by atoms with Crippen molar-refractivity contribution >= 4 is 95.3 Å². The van der Waals surface area contributed by atoms with Gasteiger partial charge in [0.2, 0.25) is 0 Å². The van der Waals surface area contributed by atoms with E-state index in [-0.39, 0.29) is 0 Å². The average molecular weight is 593 g/mol. The summed E-state index contributed by atoms with van der Waals surface area (Å²) in [5.74, 6) is 0. The van der Waals surface area contributed by atoms with Crippen LogP contribution in [0.25, 0.3) is 94.9 Å². The second-order valence-electron chi connectivity index (χ2n) is 11.6. The molecule has 44 heavy (non-hydrogen) atoms. The third kappa shape index (κ3) is 3.38. The van der Waals surface area contributed by atoms with Crippen LogP contribution in [0, 0.1) is 0 Å². The molecule has 0 unspecified atom stereocenters. The summed E-state index contributed by atoms with van der Waals surface area (Å²) in [6.45, 7) is 0.